The van der Waals surface area contributed by atoms with Crippen LogP contribution in [0.25, 0.3) is 22.4 Å². The molecule has 4 rings (SSSR count). The Bertz CT molecular complexity index is 888. The highest BCUT2D eigenvalue weighted by Gasteiger charge is 2.06. The third kappa shape index (κ3) is 1.46. The summed E-state index contributed by atoms with van der Waals surface area (Å²) in [4.78, 5) is 8.48. The molecule has 0 atom stereocenters. The van der Waals surface area contributed by atoms with Gasteiger partial charge in [-0.1, -0.05) is 12.1 Å². The molecule has 0 bridgehead atoms. The quantitative estimate of drug-likeness (QED) is 0.557. The third-order valence-corrected chi connectivity index (χ3v) is 3.06. The van der Waals surface area contributed by atoms with Crippen molar-refractivity contribution in [2.75, 3.05) is 5.73 Å². The molecule has 3 aromatic heterocycles. The Morgan fingerprint density at radius 3 is 2.89 bits per heavy atom. The van der Waals surface area contributed by atoms with Gasteiger partial charge in [0.2, 0.25) is 5.95 Å². The van der Waals surface area contributed by atoms with E-state index in [0.717, 1.165) is 22.4 Å². The lowest BCUT2D eigenvalue weighted by atomic mass is 10.3. The number of nitrogens with two attached hydrogens (primary N) is 1. The van der Waals surface area contributed by atoms with Crippen LogP contribution >= 0.6 is 0 Å². The van der Waals surface area contributed by atoms with E-state index in [4.69, 9.17) is 5.73 Å². The molecule has 0 aliphatic carbocycles. The van der Waals surface area contributed by atoms with Crippen molar-refractivity contribution in [2.45, 2.75) is 0 Å². The molecule has 0 aliphatic rings. The van der Waals surface area contributed by atoms with Crippen molar-refractivity contribution in [3.8, 4) is 5.69 Å². The van der Waals surface area contributed by atoms with Crippen molar-refractivity contribution in [2.24, 2.45) is 0 Å². The number of hydrogen-bond acceptors (Lipinski definition) is 4. The maximum atomic E-state index is 5.59. The van der Waals surface area contributed by atoms with E-state index in [0.29, 0.717) is 0 Å². The topological polar surface area (TPSA) is 74.0 Å². The molecule has 1 aromatic carbocycles. The molecule has 0 aliphatic heterocycles. The van der Waals surface area contributed by atoms with Crippen LogP contribution in [0.2, 0.25) is 0 Å². The zero-order valence-electron chi connectivity index (χ0n) is 9.93. The second-order valence-corrected chi connectivity index (χ2v) is 4.26. The van der Waals surface area contributed by atoms with Crippen LogP contribution in [0.3, 0.4) is 0 Å². The van der Waals surface area contributed by atoms with Gasteiger partial charge >= 0.3 is 0 Å². The molecule has 2 N–H and O–H groups in total. The number of fused-ring (bicyclic) bond motifs is 2. The highest BCUT2D eigenvalue weighted by molar-refractivity contribution is 5.77. The number of hydrogen-bond donors (Lipinski definition) is 1. The Morgan fingerprint density at radius 1 is 1.05 bits per heavy atom. The fourth-order valence-corrected chi connectivity index (χ4v) is 2.20. The molecule has 0 unspecified atom stereocenters. The molecule has 92 valence electrons. The van der Waals surface area contributed by atoms with E-state index in [1.807, 2.05) is 47.2 Å². The minimum absolute atomic E-state index is 0.271. The van der Waals surface area contributed by atoms with Crippen molar-refractivity contribution >= 4 is 22.6 Å². The summed E-state index contributed by atoms with van der Waals surface area (Å²) in [5.74, 6) is 0.271. The highest BCUT2D eigenvalue weighted by atomic mass is 15.3. The first kappa shape index (κ1) is 10.1. The Labute approximate surface area is 108 Å². The van der Waals surface area contributed by atoms with Crippen LogP contribution in [-0.2, 0) is 0 Å². The Morgan fingerprint density at radius 2 is 1.95 bits per heavy atom. The number of nitrogen functional groups attached to an aromatic ring is 1. The van der Waals surface area contributed by atoms with Gasteiger partial charge in [0.1, 0.15) is 6.33 Å². The van der Waals surface area contributed by atoms with E-state index in [1.165, 1.54) is 0 Å². The molecule has 3 heterocycles. The summed E-state index contributed by atoms with van der Waals surface area (Å²) in [5.41, 5.74) is 9.29. The number of anilines is 1. The van der Waals surface area contributed by atoms with Crippen LogP contribution in [0.1, 0.15) is 0 Å². The Balaban J connectivity index is 1.98. The average Bonchev–Trinajstić information content (AvgIpc) is 2.99. The monoisotopic (exact) mass is 250 g/mol. The molecule has 0 amide bonds. The van der Waals surface area contributed by atoms with Crippen LogP contribution in [0.5, 0.6) is 0 Å². The van der Waals surface area contributed by atoms with Crippen molar-refractivity contribution < 1.29 is 0 Å². The predicted octanol–water partition coefficient (Wildman–Crippen LogP) is 1.65. The molecular weight excluding hydrogens is 240 g/mol. The summed E-state index contributed by atoms with van der Waals surface area (Å²) in [6.07, 6.45) is 3.68. The van der Waals surface area contributed by atoms with Gasteiger partial charge in [-0.05, 0) is 24.3 Å². The summed E-state index contributed by atoms with van der Waals surface area (Å²) in [5, 5.41) is 4.11. The van der Waals surface area contributed by atoms with E-state index in [-0.39, 0.29) is 5.95 Å². The van der Waals surface area contributed by atoms with Crippen LogP contribution in [-0.4, -0.2) is 24.1 Å². The van der Waals surface area contributed by atoms with E-state index in [9.17, 15) is 0 Å². The van der Waals surface area contributed by atoms with Crippen LogP contribution in [0.4, 0.5) is 5.95 Å². The van der Waals surface area contributed by atoms with Crippen molar-refractivity contribution in [3.05, 3.63) is 48.9 Å². The number of aromatic nitrogens is 5. The van der Waals surface area contributed by atoms with Gasteiger partial charge in [0.25, 0.3) is 0 Å². The zero-order valence-corrected chi connectivity index (χ0v) is 9.93. The lowest BCUT2D eigenvalue weighted by Crippen LogP contribution is -1.96. The maximum Gasteiger partial charge on any atom is 0.240 e. The van der Waals surface area contributed by atoms with Crippen LogP contribution < -0.4 is 5.73 Å². The summed E-state index contributed by atoms with van der Waals surface area (Å²) >= 11 is 0. The van der Waals surface area contributed by atoms with Crippen molar-refractivity contribution in [1.82, 2.24) is 24.1 Å². The number of rotatable bonds is 1. The normalized spacial score (nSPS) is 11.4. The van der Waals surface area contributed by atoms with Crippen LogP contribution in [0.15, 0.2) is 48.9 Å². The molecule has 0 saturated heterocycles. The molecule has 19 heavy (non-hydrogen) atoms. The average molecular weight is 250 g/mol. The molecule has 0 radical (unpaired) electrons. The molecule has 0 fully saturated rings. The highest BCUT2D eigenvalue weighted by Crippen LogP contribution is 2.18. The second kappa shape index (κ2) is 3.55. The van der Waals surface area contributed by atoms with Crippen molar-refractivity contribution in [1.29, 1.82) is 0 Å². The molecule has 0 saturated carbocycles. The second-order valence-electron chi connectivity index (χ2n) is 4.26. The maximum absolute atomic E-state index is 5.59. The largest absolute Gasteiger partial charge is 0.366 e. The summed E-state index contributed by atoms with van der Waals surface area (Å²) < 4.78 is 3.67. The van der Waals surface area contributed by atoms with Gasteiger partial charge in [-0.15, -0.1) is 5.10 Å². The van der Waals surface area contributed by atoms with E-state index in [2.05, 4.69) is 15.1 Å². The SMILES string of the molecule is Nc1nc2ccc(-n3cnc4ccccc43)cn2n1. The van der Waals surface area contributed by atoms with Gasteiger partial charge in [-0.2, -0.15) is 4.98 Å². The van der Waals surface area contributed by atoms with Gasteiger partial charge in [-0.25, -0.2) is 9.50 Å². The molecular formula is C13H10N6. The number of pyridine rings is 1. The molecule has 4 aromatic rings. The van der Waals surface area contributed by atoms with E-state index >= 15 is 0 Å². The van der Waals surface area contributed by atoms with Gasteiger partial charge in [0.15, 0.2) is 5.65 Å². The standard InChI is InChI=1S/C13H10N6/c14-13-16-12-6-5-9(7-19(12)17-13)18-8-15-10-3-1-2-4-11(10)18/h1-8H,(H2,14,17). The number of nitrogens with zero attached hydrogens (tertiary/aromatic N) is 5. The molecule has 6 heteroatoms. The fourth-order valence-electron chi connectivity index (χ4n) is 2.20. The smallest absolute Gasteiger partial charge is 0.240 e. The lowest BCUT2D eigenvalue weighted by Gasteiger charge is -2.04. The Hall–Kier alpha value is -2.89. The van der Waals surface area contributed by atoms with Crippen LogP contribution in [0, 0.1) is 0 Å². The van der Waals surface area contributed by atoms with Crippen molar-refractivity contribution in [3.63, 3.8) is 0 Å². The van der Waals surface area contributed by atoms with Gasteiger partial charge in [-0.3, -0.25) is 4.57 Å². The van der Waals surface area contributed by atoms with E-state index < -0.39 is 0 Å². The third-order valence-electron chi connectivity index (χ3n) is 3.06. The number of imidazole rings is 1. The summed E-state index contributed by atoms with van der Waals surface area (Å²) in [6.45, 7) is 0. The first-order chi connectivity index (χ1) is 9.31. The van der Waals surface area contributed by atoms with Gasteiger partial charge in [0, 0.05) is 0 Å². The summed E-state index contributed by atoms with van der Waals surface area (Å²) in [7, 11) is 0. The first-order valence-electron chi connectivity index (χ1n) is 5.86. The molecule has 0 spiro atoms. The number of para-hydroxylation sites is 2. The Kier molecular flexibility index (Phi) is 1.88. The van der Waals surface area contributed by atoms with E-state index in [1.54, 1.807) is 10.8 Å². The minimum atomic E-state index is 0.271. The van der Waals surface area contributed by atoms with Gasteiger partial charge < -0.3 is 5.73 Å². The minimum Gasteiger partial charge on any atom is -0.366 e. The zero-order chi connectivity index (χ0) is 12.8. The lowest BCUT2D eigenvalue weighted by molar-refractivity contribution is 0.943. The molecule has 6 nitrogen and oxygen atoms in total. The first-order valence-corrected chi connectivity index (χ1v) is 5.86. The van der Waals surface area contributed by atoms with Gasteiger partial charge in [0.05, 0.1) is 22.9 Å². The number of benzene rings is 1. The predicted molar refractivity (Wildman–Crippen MR) is 72.0 cm³/mol. The summed E-state index contributed by atoms with van der Waals surface area (Å²) in [6, 6.07) is 11.8. The fraction of sp³-hybridized carbons (Fsp3) is 0.